The normalized spacial score (nSPS) is 16.0. The summed E-state index contributed by atoms with van der Waals surface area (Å²) in [5, 5.41) is 11.9. The van der Waals surface area contributed by atoms with Crippen LogP contribution in [0, 0.1) is 0 Å². The van der Waals surface area contributed by atoms with Crippen LogP contribution in [0.2, 0.25) is 0 Å². The predicted octanol–water partition coefficient (Wildman–Crippen LogP) is 3.38. The number of aliphatic carboxylic acids is 1. The fraction of sp³-hybridized carbons (Fsp3) is 0.375. The Morgan fingerprint density at radius 2 is 1.74 bits per heavy atom. The number of hydrogen-bond acceptors (Lipinski definition) is 4. The Bertz CT molecular complexity index is 944. The molecule has 2 aliphatic rings. The molecule has 1 saturated heterocycles. The van der Waals surface area contributed by atoms with Crippen LogP contribution in [-0.2, 0) is 14.3 Å². The lowest BCUT2D eigenvalue weighted by atomic mass is 9.98. The zero-order chi connectivity index (χ0) is 21.8. The van der Waals surface area contributed by atoms with Crippen LogP contribution < -0.4 is 5.32 Å². The van der Waals surface area contributed by atoms with Crippen molar-refractivity contribution in [1.29, 1.82) is 0 Å². The third kappa shape index (κ3) is 4.55. The zero-order valence-electron chi connectivity index (χ0n) is 17.3. The van der Waals surface area contributed by atoms with Crippen molar-refractivity contribution in [2.75, 3.05) is 19.7 Å². The molecule has 0 radical (unpaired) electrons. The summed E-state index contributed by atoms with van der Waals surface area (Å²) in [6, 6.07) is 15.0. The summed E-state index contributed by atoms with van der Waals surface area (Å²) in [5.74, 6) is -1.08. The summed E-state index contributed by atoms with van der Waals surface area (Å²) >= 11 is 0. The highest BCUT2D eigenvalue weighted by Crippen LogP contribution is 2.44. The third-order valence-electron chi connectivity index (χ3n) is 6.03. The number of carbonyl (C=O) groups is 3. The number of hydrogen-bond donors (Lipinski definition) is 2. The SMILES string of the molecule is O=C(N[C@@H](CCCN1CCCC1=O)C(=O)O)OCC1c2ccccc2-c2ccccc21. The molecule has 0 unspecified atom stereocenters. The average Bonchev–Trinajstić information content (AvgIpc) is 3.32. The van der Waals surface area contributed by atoms with E-state index < -0.39 is 18.1 Å². The van der Waals surface area contributed by atoms with Gasteiger partial charge in [-0.15, -0.1) is 0 Å². The van der Waals surface area contributed by atoms with Gasteiger partial charge in [0.25, 0.3) is 0 Å². The molecular weight excluding hydrogens is 396 g/mol. The van der Waals surface area contributed by atoms with Gasteiger partial charge in [-0.3, -0.25) is 4.79 Å². The Labute approximate surface area is 181 Å². The number of carbonyl (C=O) groups excluding carboxylic acids is 2. The fourth-order valence-electron chi connectivity index (χ4n) is 4.47. The first-order valence-electron chi connectivity index (χ1n) is 10.7. The van der Waals surface area contributed by atoms with Gasteiger partial charge in [0.1, 0.15) is 12.6 Å². The van der Waals surface area contributed by atoms with Gasteiger partial charge in [0.15, 0.2) is 0 Å². The van der Waals surface area contributed by atoms with E-state index in [0.29, 0.717) is 19.4 Å². The molecule has 2 N–H and O–H groups in total. The number of amides is 2. The maximum absolute atomic E-state index is 12.3. The summed E-state index contributed by atoms with van der Waals surface area (Å²) in [7, 11) is 0. The number of rotatable bonds is 8. The van der Waals surface area contributed by atoms with Crippen molar-refractivity contribution in [1.82, 2.24) is 10.2 Å². The molecule has 1 aliphatic heterocycles. The van der Waals surface area contributed by atoms with Crippen LogP contribution in [0.25, 0.3) is 11.1 Å². The molecule has 2 aromatic rings. The minimum Gasteiger partial charge on any atom is -0.480 e. The second kappa shape index (κ2) is 9.20. The number of alkyl carbamates (subject to hydrolysis) is 1. The lowest BCUT2D eigenvalue weighted by Gasteiger charge is -2.19. The van der Waals surface area contributed by atoms with E-state index in [2.05, 4.69) is 17.4 Å². The van der Waals surface area contributed by atoms with Gasteiger partial charge in [-0.2, -0.15) is 0 Å². The molecule has 2 amide bonds. The lowest BCUT2D eigenvalue weighted by molar-refractivity contribution is -0.139. The van der Waals surface area contributed by atoms with E-state index in [-0.39, 0.29) is 24.9 Å². The van der Waals surface area contributed by atoms with Crippen LogP contribution in [0.4, 0.5) is 4.79 Å². The van der Waals surface area contributed by atoms with Crippen LogP contribution in [-0.4, -0.2) is 53.7 Å². The Morgan fingerprint density at radius 3 is 2.32 bits per heavy atom. The van der Waals surface area contributed by atoms with Crippen molar-refractivity contribution in [3.8, 4) is 11.1 Å². The Kier molecular flexibility index (Phi) is 6.21. The molecule has 31 heavy (non-hydrogen) atoms. The first-order valence-corrected chi connectivity index (χ1v) is 10.7. The number of carboxylic acid groups (broad SMARTS) is 1. The van der Waals surface area contributed by atoms with Gasteiger partial charge in [-0.05, 0) is 41.5 Å². The van der Waals surface area contributed by atoms with Gasteiger partial charge >= 0.3 is 12.1 Å². The summed E-state index contributed by atoms with van der Waals surface area (Å²) < 4.78 is 5.44. The van der Waals surface area contributed by atoms with Gasteiger partial charge in [-0.1, -0.05) is 48.5 Å². The van der Waals surface area contributed by atoms with E-state index in [4.69, 9.17) is 4.74 Å². The Balaban J connectivity index is 1.32. The van der Waals surface area contributed by atoms with Crippen LogP contribution in [0.3, 0.4) is 0 Å². The molecule has 0 saturated carbocycles. The summed E-state index contributed by atoms with van der Waals surface area (Å²) in [5.41, 5.74) is 4.46. The zero-order valence-corrected chi connectivity index (χ0v) is 17.3. The van der Waals surface area contributed by atoms with Gasteiger partial charge < -0.3 is 20.1 Å². The largest absolute Gasteiger partial charge is 0.480 e. The molecule has 4 rings (SSSR count). The first-order chi connectivity index (χ1) is 15.0. The van der Waals surface area contributed by atoms with Crippen LogP contribution in [0.15, 0.2) is 48.5 Å². The highest BCUT2D eigenvalue weighted by molar-refractivity contribution is 5.81. The van der Waals surface area contributed by atoms with E-state index in [1.807, 2.05) is 36.4 Å². The van der Waals surface area contributed by atoms with E-state index in [0.717, 1.165) is 35.2 Å². The second-order valence-electron chi connectivity index (χ2n) is 7.99. The quantitative estimate of drug-likeness (QED) is 0.680. The van der Waals surface area contributed by atoms with Crippen LogP contribution in [0.1, 0.15) is 42.7 Å². The first kappa shape index (κ1) is 20.9. The molecule has 162 valence electrons. The average molecular weight is 422 g/mol. The molecule has 0 spiro atoms. The number of nitrogens with one attached hydrogen (secondary N) is 1. The van der Waals surface area contributed by atoms with Gasteiger partial charge in [-0.25, -0.2) is 9.59 Å². The number of fused-ring (bicyclic) bond motifs is 3. The van der Waals surface area contributed by atoms with Crippen molar-refractivity contribution in [3.05, 3.63) is 59.7 Å². The molecule has 7 heteroatoms. The second-order valence-corrected chi connectivity index (χ2v) is 7.99. The molecule has 2 aromatic carbocycles. The highest BCUT2D eigenvalue weighted by Gasteiger charge is 2.30. The maximum atomic E-state index is 12.3. The van der Waals surface area contributed by atoms with Crippen molar-refractivity contribution in [3.63, 3.8) is 0 Å². The summed E-state index contributed by atoms with van der Waals surface area (Å²) in [6.45, 7) is 1.36. The number of likely N-dealkylation sites (tertiary alicyclic amines) is 1. The monoisotopic (exact) mass is 422 g/mol. The van der Waals surface area contributed by atoms with E-state index in [1.54, 1.807) is 4.90 Å². The number of benzene rings is 2. The van der Waals surface area contributed by atoms with Crippen molar-refractivity contribution in [2.24, 2.45) is 0 Å². The van der Waals surface area contributed by atoms with Gasteiger partial charge in [0.05, 0.1) is 0 Å². The summed E-state index contributed by atoms with van der Waals surface area (Å²) in [4.78, 5) is 37.3. The minimum absolute atomic E-state index is 0.0809. The smallest absolute Gasteiger partial charge is 0.407 e. The van der Waals surface area contributed by atoms with Crippen molar-refractivity contribution >= 4 is 18.0 Å². The minimum atomic E-state index is -1.11. The van der Waals surface area contributed by atoms with E-state index in [9.17, 15) is 19.5 Å². The standard InChI is InChI=1S/C24H26N2O5/c27-22-12-6-14-26(22)13-5-11-21(23(28)29)25-24(30)31-15-20-18-9-3-1-7-16(18)17-8-2-4-10-19(17)20/h1-4,7-10,20-21H,5-6,11-15H2,(H,25,30)(H,28,29)/t21-/m0/s1. The predicted molar refractivity (Wildman–Crippen MR) is 115 cm³/mol. The molecule has 1 fully saturated rings. The highest BCUT2D eigenvalue weighted by atomic mass is 16.5. The Hall–Kier alpha value is -3.35. The Morgan fingerprint density at radius 1 is 1.10 bits per heavy atom. The topological polar surface area (TPSA) is 95.9 Å². The van der Waals surface area contributed by atoms with E-state index >= 15 is 0 Å². The summed E-state index contributed by atoms with van der Waals surface area (Å²) in [6.07, 6.45) is 1.40. The molecule has 1 heterocycles. The molecule has 0 bridgehead atoms. The number of carboxylic acids is 1. The number of ether oxygens (including phenoxy) is 1. The fourth-order valence-corrected chi connectivity index (χ4v) is 4.47. The third-order valence-corrected chi connectivity index (χ3v) is 6.03. The van der Waals surface area contributed by atoms with Crippen molar-refractivity contribution < 1.29 is 24.2 Å². The molecule has 7 nitrogen and oxygen atoms in total. The van der Waals surface area contributed by atoms with Crippen LogP contribution in [0.5, 0.6) is 0 Å². The van der Waals surface area contributed by atoms with Crippen LogP contribution >= 0.6 is 0 Å². The van der Waals surface area contributed by atoms with Crippen molar-refractivity contribution in [2.45, 2.75) is 37.6 Å². The molecular formula is C24H26N2O5. The number of nitrogens with zero attached hydrogens (tertiary/aromatic N) is 1. The van der Waals surface area contributed by atoms with Gasteiger partial charge in [0, 0.05) is 25.4 Å². The van der Waals surface area contributed by atoms with E-state index in [1.165, 1.54) is 0 Å². The maximum Gasteiger partial charge on any atom is 0.407 e. The molecule has 1 atom stereocenters. The lowest BCUT2D eigenvalue weighted by Crippen LogP contribution is -2.42. The molecule has 1 aliphatic carbocycles. The van der Waals surface area contributed by atoms with Gasteiger partial charge in [0.2, 0.25) is 5.91 Å². The molecule has 0 aromatic heterocycles.